The van der Waals surface area contributed by atoms with Crippen molar-refractivity contribution in [3.63, 3.8) is 0 Å². The van der Waals surface area contributed by atoms with E-state index in [1.165, 1.54) is 38.5 Å². The molecule has 0 spiro atoms. The minimum Gasteiger partial charge on any atom is -0.393 e. The zero-order valence-corrected chi connectivity index (χ0v) is 7.97. The lowest BCUT2D eigenvalue weighted by Crippen LogP contribution is -2.19. The summed E-state index contributed by atoms with van der Waals surface area (Å²) in [7, 11) is 0. The van der Waals surface area contributed by atoms with E-state index in [-0.39, 0.29) is 6.10 Å². The van der Waals surface area contributed by atoms with Gasteiger partial charge in [0.2, 0.25) is 0 Å². The van der Waals surface area contributed by atoms with E-state index in [1.54, 1.807) is 0 Å². The van der Waals surface area contributed by atoms with E-state index in [4.69, 9.17) is 0 Å². The number of hydrogen-bond donors (Lipinski definition) is 1. The molecule has 1 aliphatic rings. The first-order chi connectivity index (χ1) is 5.84. The van der Waals surface area contributed by atoms with Gasteiger partial charge in [0.05, 0.1) is 6.10 Å². The number of rotatable bonds is 3. The van der Waals surface area contributed by atoms with Crippen LogP contribution < -0.4 is 0 Å². The molecule has 1 aliphatic carbocycles. The van der Waals surface area contributed by atoms with Crippen molar-refractivity contribution in [2.45, 2.75) is 57.5 Å². The molecule has 0 aromatic carbocycles. The van der Waals surface area contributed by atoms with Crippen LogP contribution in [0, 0.1) is 12.8 Å². The lowest BCUT2D eigenvalue weighted by molar-refractivity contribution is 0.0909. The van der Waals surface area contributed by atoms with E-state index in [2.05, 4.69) is 6.92 Å². The minimum atomic E-state index is -0.0689. The fourth-order valence-electron chi connectivity index (χ4n) is 2.14. The van der Waals surface area contributed by atoms with Crippen LogP contribution in [0.4, 0.5) is 0 Å². The number of aliphatic hydroxyl groups is 1. The Balaban J connectivity index is 2.27. The third kappa shape index (κ3) is 3.14. The first-order valence-electron chi connectivity index (χ1n) is 5.32. The Bertz CT molecular complexity index is 104. The van der Waals surface area contributed by atoms with Crippen molar-refractivity contribution < 1.29 is 5.11 Å². The molecule has 0 aliphatic heterocycles. The highest BCUT2D eigenvalue weighted by atomic mass is 16.3. The van der Waals surface area contributed by atoms with Crippen LogP contribution in [0.2, 0.25) is 0 Å². The highest BCUT2D eigenvalue weighted by Gasteiger charge is 2.19. The zero-order valence-electron chi connectivity index (χ0n) is 7.97. The van der Waals surface area contributed by atoms with Crippen LogP contribution >= 0.6 is 0 Å². The SMILES string of the molecule is [CH2]CCC(O)C1CCCCCC1. The second kappa shape index (κ2) is 5.58. The molecule has 1 rings (SSSR count). The van der Waals surface area contributed by atoms with Gasteiger partial charge in [0.25, 0.3) is 0 Å². The summed E-state index contributed by atoms with van der Waals surface area (Å²) in [4.78, 5) is 0. The van der Waals surface area contributed by atoms with Crippen molar-refractivity contribution in [2.24, 2.45) is 5.92 Å². The summed E-state index contributed by atoms with van der Waals surface area (Å²) in [5, 5.41) is 9.76. The molecule has 0 saturated heterocycles. The zero-order chi connectivity index (χ0) is 8.81. The van der Waals surface area contributed by atoms with Crippen molar-refractivity contribution in [1.29, 1.82) is 0 Å². The number of aliphatic hydroxyl groups excluding tert-OH is 1. The predicted octanol–water partition coefficient (Wildman–Crippen LogP) is 2.93. The quantitative estimate of drug-likeness (QED) is 0.644. The van der Waals surface area contributed by atoms with Crippen molar-refractivity contribution in [3.05, 3.63) is 6.92 Å². The standard InChI is InChI=1S/C11H21O/c1-2-7-11(12)10-8-5-3-4-6-9-10/h10-12H,1-9H2. The average molecular weight is 169 g/mol. The van der Waals surface area contributed by atoms with Crippen molar-refractivity contribution in [2.75, 3.05) is 0 Å². The summed E-state index contributed by atoms with van der Waals surface area (Å²) >= 11 is 0. The third-order valence-electron chi connectivity index (χ3n) is 2.94. The van der Waals surface area contributed by atoms with Gasteiger partial charge in [-0.15, -0.1) is 0 Å². The largest absolute Gasteiger partial charge is 0.393 e. The first kappa shape index (κ1) is 10.0. The first-order valence-corrected chi connectivity index (χ1v) is 5.32. The molecule has 0 heterocycles. The average Bonchev–Trinajstić information content (AvgIpc) is 2.32. The van der Waals surface area contributed by atoms with E-state index in [0.717, 1.165) is 12.8 Å². The Hall–Kier alpha value is -0.0400. The number of hydrogen-bond acceptors (Lipinski definition) is 1. The Morgan fingerprint density at radius 3 is 2.25 bits per heavy atom. The molecule has 1 nitrogen and oxygen atoms in total. The van der Waals surface area contributed by atoms with Crippen LogP contribution in [-0.4, -0.2) is 11.2 Å². The highest BCUT2D eigenvalue weighted by Crippen LogP contribution is 2.27. The van der Waals surface area contributed by atoms with Crippen LogP contribution in [-0.2, 0) is 0 Å². The fourth-order valence-corrected chi connectivity index (χ4v) is 2.14. The molecular weight excluding hydrogens is 148 g/mol. The topological polar surface area (TPSA) is 20.2 Å². The Labute approximate surface area is 76.2 Å². The van der Waals surface area contributed by atoms with Gasteiger partial charge in [0.1, 0.15) is 0 Å². The van der Waals surface area contributed by atoms with Gasteiger partial charge in [-0.3, -0.25) is 0 Å². The lowest BCUT2D eigenvalue weighted by Gasteiger charge is -2.20. The predicted molar refractivity (Wildman–Crippen MR) is 51.8 cm³/mol. The molecule has 12 heavy (non-hydrogen) atoms. The Kier molecular flexibility index (Phi) is 4.67. The third-order valence-corrected chi connectivity index (χ3v) is 2.94. The Morgan fingerprint density at radius 2 is 1.75 bits per heavy atom. The molecule has 71 valence electrons. The van der Waals surface area contributed by atoms with Crippen LogP contribution in [0.15, 0.2) is 0 Å². The second-order valence-electron chi connectivity index (χ2n) is 3.96. The molecular formula is C11H21O. The van der Waals surface area contributed by atoms with E-state index < -0.39 is 0 Å². The minimum absolute atomic E-state index is 0.0689. The van der Waals surface area contributed by atoms with Crippen LogP contribution in [0.3, 0.4) is 0 Å². The van der Waals surface area contributed by atoms with Crippen LogP contribution in [0.25, 0.3) is 0 Å². The molecule has 1 radical (unpaired) electrons. The monoisotopic (exact) mass is 169 g/mol. The maximum atomic E-state index is 9.76. The summed E-state index contributed by atoms with van der Waals surface area (Å²) in [6.07, 6.45) is 9.55. The summed E-state index contributed by atoms with van der Waals surface area (Å²) in [5.41, 5.74) is 0. The van der Waals surface area contributed by atoms with Gasteiger partial charge < -0.3 is 5.11 Å². The Morgan fingerprint density at radius 1 is 1.17 bits per heavy atom. The molecule has 1 saturated carbocycles. The van der Waals surface area contributed by atoms with Gasteiger partial charge in [0.15, 0.2) is 0 Å². The molecule has 0 bridgehead atoms. The van der Waals surface area contributed by atoms with Crippen molar-refractivity contribution in [1.82, 2.24) is 0 Å². The summed E-state index contributed by atoms with van der Waals surface area (Å²) in [6, 6.07) is 0. The molecule has 1 unspecified atom stereocenters. The molecule has 0 aromatic heterocycles. The molecule has 0 amide bonds. The van der Waals surface area contributed by atoms with Crippen molar-refractivity contribution in [3.8, 4) is 0 Å². The summed E-state index contributed by atoms with van der Waals surface area (Å²) in [5.74, 6) is 0.578. The van der Waals surface area contributed by atoms with Gasteiger partial charge in [-0.05, 0) is 25.2 Å². The van der Waals surface area contributed by atoms with Crippen LogP contribution in [0.5, 0.6) is 0 Å². The van der Waals surface area contributed by atoms with E-state index >= 15 is 0 Å². The van der Waals surface area contributed by atoms with E-state index in [9.17, 15) is 5.11 Å². The maximum Gasteiger partial charge on any atom is 0.0568 e. The summed E-state index contributed by atoms with van der Waals surface area (Å²) in [6.45, 7) is 3.78. The van der Waals surface area contributed by atoms with Gasteiger partial charge in [0, 0.05) is 0 Å². The molecule has 0 aromatic rings. The van der Waals surface area contributed by atoms with E-state index in [1.807, 2.05) is 0 Å². The normalized spacial score (nSPS) is 23.5. The summed E-state index contributed by atoms with van der Waals surface area (Å²) < 4.78 is 0. The van der Waals surface area contributed by atoms with E-state index in [0.29, 0.717) is 5.92 Å². The van der Waals surface area contributed by atoms with Crippen molar-refractivity contribution >= 4 is 0 Å². The molecule has 1 atom stereocenters. The smallest absolute Gasteiger partial charge is 0.0568 e. The maximum absolute atomic E-state index is 9.76. The molecule has 1 N–H and O–H groups in total. The van der Waals surface area contributed by atoms with Gasteiger partial charge in [-0.1, -0.05) is 39.0 Å². The van der Waals surface area contributed by atoms with Gasteiger partial charge >= 0.3 is 0 Å². The fraction of sp³-hybridized carbons (Fsp3) is 0.909. The van der Waals surface area contributed by atoms with Crippen LogP contribution in [0.1, 0.15) is 51.4 Å². The highest BCUT2D eigenvalue weighted by molar-refractivity contribution is 4.72. The molecule has 1 fully saturated rings. The lowest BCUT2D eigenvalue weighted by atomic mass is 9.91. The second-order valence-corrected chi connectivity index (χ2v) is 3.96. The van der Waals surface area contributed by atoms with Gasteiger partial charge in [-0.25, -0.2) is 0 Å². The molecule has 1 heteroatoms. The van der Waals surface area contributed by atoms with Gasteiger partial charge in [-0.2, -0.15) is 0 Å².